The minimum atomic E-state index is 0.515. The van der Waals surface area contributed by atoms with Crippen LogP contribution in [0.1, 0.15) is 234 Å². The van der Waals surface area contributed by atoms with E-state index < -0.39 is 0 Å². The summed E-state index contributed by atoms with van der Waals surface area (Å²) in [4.78, 5) is 2.46. The van der Waals surface area contributed by atoms with Gasteiger partial charge in [-0.15, -0.1) is 0 Å². The number of fused-ring (bicyclic) bond motifs is 5. The molecule has 56 heavy (non-hydrogen) atoms. The minimum Gasteiger partial charge on any atom is -0.309 e. The van der Waals surface area contributed by atoms with E-state index in [1.807, 2.05) is 5.57 Å². The third-order valence-corrected chi connectivity index (χ3v) is 16.8. The molecule has 324 valence electrons. The largest absolute Gasteiger partial charge is 0.309 e. The zero-order valence-corrected chi connectivity index (χ0v) is 39.4. The fraction of sp³-hybridized carbons (Fsp3) is 0.891. The van der Waals surface area contributed by atoms with Crippen LogP contribution in [0.15, 0.2) is 36.0 Å². The summed E-state index contributed by atoms with van der Waals surface area (Å²) >= 11 is 0. The highest BCUT2D eigenvalue weighted by Crippen LogP contribution is 2.67. The zero-order valence-electron chi connectivity index (χ0n) is 39.4. The summed E-state index contributed by atoms with van der Waals surface area (Å²) in [5.74, 6) is 7.55. The molecule has 0 bridgehead atoms. The Hall–Kier alpha value is -0.820. The van der Waals surface area contributed by atoms with Crippen LogP contribution in [-0.2, 0) is 0 Å². The van der Waals surface area contributed by atoms with E-state index in [1.165, 1.54) is 193 Å². The van der Waals surface area contributed by atoms with Crippen molar-refractivity contribution in [2.24, 2.45) is 58.2 Å². The quantitative estimate of drug-likeness (QED) is 0.0540. The molecule has 4 rings (SSSR count). The Balaban J connectivity index is 1.07. The lowest BCUT2D eigenvalue weighted by Crippen LogP contribution is -2.50. The van der Waals surface area contributed by atoms with Gasteiger partial charge in [0.05, 0.1) is 0 Å². The van der Waals surface area contributed by atoms with Crippen molar-refractivity contribution >= 4 is 0 Å². The molecule has 0 aromatic carbocycles. The maximum absolute atomic E-state index is 2.85. The first kappa shape index (κ1) is 47.9. The Labute approximate surface area is 352 Å². The van der Waals surface area contributed by atoms with Gasteiger partial charge >= 0.3 is 0 Å². The van der Waals surface area contributed by atoms with Gasteiger partial charge in [-0.3, -0.25) is 0 Å². The molecule has 0 amide bonds. The van der Waals surface area contributed by atoms with E-state index in [2.05, 4.69) is 90.9 Å². The van der Waals surface area contributed by atoms with Crippen molar-refractivity contribution < 1.29 is 0 Å². The van der Waals surface area contributed by atoms with Gasteiger partial charge in [0.15, 0.2) is 0 Å². The number of nitrogens with zero attached hydrogens (tertiary/aromatic N) is 1. The first-order valence-electron chi connectivity index (χ1n) is 25.7. The van der Waals surface area contributed by atoms with Gasteiger partial charge in [-0.05, 0) is 169 Å². The Kier molecular flexibility index (Phi) is 22.0. The summed E-state index contributed by atoms with van der Waals surface area (Å²) in [6.07, 6.45) is 55.1. The highest BCUT2D eigenvalue weighted by molar-refractivity contribution is 5.25. The molecule has 0 aromatic rings. The van der Waals surface area contributed by atoms with E-state index in [-0.39, 0.29) is 0 Å². The molecule has 0 heterocycles. The smallest absolute Gasteiger partial charge is 0.000356 e. The Morgan fingerprint density at radius 1 is 0.679 bits per heavy atom. The van der Waals surface area contributed by atoms with Gasteiger partial charge in [0.25, 0.3) is 0 Å². The highest BCUT2D eigenvalue weighted by Gasteiger charge is 2.59. The zero-order chi connectivity index (χ0) is 40.2. The summed E-state index contributed by atoms with van der Waals surface area (Å²) in [6.45, 7) is 16.5. The predicted octanol–water partition coefficient (Wildman–Crippen LogP) is 17.4. The average Bonchev–Trinajstić information content (AvgIpc) is 3.53. The Morgan fingerprint density at radius 3 is 2.02 bits per heavy atom. The topological polar surface area (TPSA) is 3.24 Å². The van der Waals surface area contributed by atoms with Crippen molar-refractivity contribution in [3.63, 3.8) is 0 Å². The second-order valence-corrected chi connectivity index (χ2v) is 21.9. The normalized spacial score (nSPS) is 30.2. The lowest BCUT2D eigenvalue weighted by atomic mass is 9.46. The number of hydrogen-bond donors (Lipinski definition) is 0. The van der Waals surface area contributed by atoms with Gasteiger partial charge in [0, 0.05) is 6.54 Å². The molecule has 1 nitrogen and oxygen atoms in total. The maximum atomic E-state index is 2.85. The molecule has 0 aliphatic heterocycles. The summed E-state index contributed by atoms with van der Waals surface area (Å²) in [5.41, 5.74) is 3.05. The van der Waals surface area contributed by atoms with Crippen molar-refractivity contribution in [2.75, 3.05) is 20.6 Å². The number of rotatable bonds is 29. The molecular weight excluding hydrogens is 675 g/mol. The van der Waals surface area contributed by atoms with Gasteiger partial charge < -0.3 is 4.90 Å². The van der Waals surface area contributed by atoms with Crippen molar-refractivity contribution in [1.82, 2.24) is 4.90 Å². The van der Waals surface area contributed by atoms with Crippen LogP contribution in [0.5, 0.6) is 0 Å². The number of hydrogen-bond acceptors (Lipinski definition) is 1. The molecule has 0 radical (unpaired) electrons. The number of unbranched alkanes of at least 4 members (excludes halogenated alkanes) is 12. The van der Waals surface area contributed by atoms with Crippen molar-refractivity contribution in [3.8, 4) is 0 Å². The molecule has 4 aliphatic rings. The molecule has 4 aliphatic carbocycles. The van der Waals surface area contributed by atoms with Gasteiger partial charge in [0.1, 0.15) is 0 Å². The van der Waals surface area contributed by atoms with Crippen LogP contribution in [0.3, 0.4) is 0 Å². The Morgan fingerprint density at radius 2 is 1.34 bits per heavy atom. The first-order chi connectivity index (χ1) is 27.1. The van der Waals surface area contributed by atoms with Crippen molar-refractivity contribution in [3.05, 3.63) is 36.0 Å². The monoisotopic (exact) mass is 774 g/mol. The minimum absolute atomic E-state index is 0.515. The molecule has 1 heteroatoms. The average molecular weight is 774 g/mol. The third-order valence-electron chi connectivity index (χ3n) is 16.8. The predicted molar refractivity (Wildman–Crippen MR) is 250 cm³/mol. The molecular formula is C55H99N. The van der Waals surface area contributed by atoms with Crippen LogP contribution in [0.4, 0.5) is 0 Å². The van der Waals surface area contributed by atoms with Crippen LogP contribution in [0.2, 0.25) is 0 Å². The van der Waals surface area contributed by atoms with Gasteiger partial charge in [-0.1, -0.05) is 174 Å². The molecule has 9 atom stereocenters. The lowest BCUT2D eigenvalue weighted by Gasteiger charge is -2.58. The van der Waals surface area contributed by atoms with Crippen LogP contribution < -0.4 is 0 Å². The van der Waals surface area contributed by atoms with Crippen LogP contribution in [-0.4, -0.2) is 25.5 Å². The Bertz CT molecular complexity index is 1130. The molecule has 3 saturated carbocycles. The lowest BCUT2D eigenvalue weighted by molar-refractivity contribution is -0.0529. The third kappa shape index (κ3) is 15.0. The second kappa shape index (κ2) is 25.7. The molecule has 0 saturated heterocycles. The van der Waals surface area contributed by atoms with E-state index in [0.29, 0.717) is 10.8 Å². The summed E-state index contributed by atoms with van der Waals surface area (Å²) in [5, 5.41) is 0. The second-order valence-electron chi connectivity index (χ2n) is 21.9. The van der Waals surface area contributed by atoms with E-state index >= 15 is 0 Å². The van der Waals surface area contributed by atoms with Crippen LogP contribution in [0.25, 0.3) is 0 Å². The highest BCUT2D eigenvalue weighted by atomic mass is 15.1. The molecule has 0 spiro atoms. The molecule has 0 N–H and O–H groups in total. The van der Waals surface area contributed by atoms with Crippen LogP contribution >= 0.6 is 0 Å². The molecule has 9 unspecified atom stereocenters. The maximum Gasteiger partial charge on any atom is 0.000356 e. The molecule has 3 fully saturated rings. The van der Waals surface area contributed by atoms with Gasteiger partial charge in [-0.2, -0.15) is 0 Å². The van der Waals surface area contributed by atoms with Crippen molar-refractivity contribution in [1.29, 1.82) is 0 Å². The summed E-state index contributed by atoms with van der Waals surface area (Å²) < 4.78 is 0. The summed E-state index contributed by atoms with van der Waals surface area (Å²) in [6, 6.07) is 0. The van der Waals surface area contributed by atoms with Gasteiger partial charge in [0.2, 0.25) is 0 Å². The fourth-order valence-electron chi connectivity index (χ4n) is 13.5. The summed E-state index contributed by atoms with van der Waals surface area (Å²) in [7, 11) is 4.59. The van der Waals surface area contributed by atoms with E-state index in [9.17, 15) is 0 Å². The van der Waals surface area contributed by atoms with Crippen LogP contribution in [0, 0.1) is 58.2 Å². The van der Waals surface area contributed by atoms with E-state index in [0.717, 1.165) is 53.8 Å². The molecule has 0 aromatic heterocycles. The van der Waals surface area contributed by atoms with E-state index in [4.69, 9.17) is 0 Å². The van der Waals surface area contributed by atoms with E-state index in [1.54, 1.807) is 0 Å². The fourth-order valence-corrected chi connectivity index (χ4v) is 13.5. The van der Waals surface area contributed by atoms with Gasteiger partial charge in [-0.25, -0.2) is 0 Å². The standard InChI is InChI=1S/C55H99N/c1-9-10-11-12-13-14-15-16-17-18-19-20-21-22-23-24-25-26-33-48(44-56(7)8)34-28-27-32-47-39-41-54(5)49(43-47)35-36-50-52-38-37-51(46(4)31-29-30-45(2)3)55(52,6)42-40-53(50)54/h13-14,16-17,35,45-48,50-53H,9-12,15,18-34,36-44H2,1-8H3. The van der Waals surface area contributed by atoms with Crippen molar-refractivity contribution in [2.45, 2.75) is 234 Å². The SMILES string of the molecule is CCCCCC=CCC=CCCCCCCCCCCC(CCCCC1CCC2(C)C(=CCC3C2CCC2(C)C(C(C)CCCC(C)C)CCC32)C1)CN(C)C. The number of allylic oxidation sites excluding steroid dienone is 6. The first-order valence-corrected chi connectivity index (χ1v) is 25.7.